The summed E-state index contributed by atoms with van der Waals surface area (Å²) < 4.78 is 41.4. The molecule has 0 amide bonds. The third-order valence-electron chi connectivity index (χ3n) is 3.26. The smallest absolute Gasteiger partial charge is 0.396 e. The van der Waals surface area contributed by atoms with E-state index in [0.717, 1.165) is 6.07 Å². The van der Waals surface area contributed by atoms with Gasteiger partial charge in [0, 0.05) is 4.47 Å². The van der Waals surface area contributed by atoms with Crippen LogP contribution in [0.15, 0.2) is 22.7 Å². The lowest BCUT2D eigenvalue weighted by atomic mass is 10.1. The lowest BCUT2D eigenvalue weighted by Crippen LogP contribution is -2.13. The molecule has 0 saturated heterocycles. The first-order chi connectivity index (χ1) is 9.79. The van der Waals surface area contributed by atoms with Crippen LogP contribution in [0.2, 0.25) is 0 Å². The van der Waals surface area contributed by atoms with E-state index >= 15 is 0 Å². The Bertz CT molecular complexity index is 662. The van der Waals surface area contributed by atoms with Gasteiger partial charge < -0.3 is 5.73 Å². The maximum Gasteiger partial charge on any atom is 0.418 e. The molecule has 0 atom stereocenters. The number of halogens is 4. The van der Waals surface area contributed by atoms with Crippen molar-refractivity contribution in [1.82, 2.24) is 9.78 Å². The third-order valence-corrected chi connectivity index (χ3v) is 3.75. The van der Waals surface area contributed by atoms with Crippen molar-refractivity contribution in [2.24, 2.45) is 0 Å². The molecule has 21 heavy (non-hydrogen) atoms. The van der Waals surface area contributed by atoms with Crippen LogP contribution in [0, 0.1) is 0 Å². The van der Waals surface area contributed by atoms with Crippen molar-refractivity contribution in [3.63, 3.8) is 0 Å². The van der Waals surface area contributed by atoms with Crippen molar-refractivity contribution < 1.29 is 13.2 Å². The van der Waals surface area contributed by atoms with E-state index in [0.29, 0.717) is 34.4 Å². The fourth-order valence-electron chi connectivity index (χ4n) is 2.24. The molecule has 0 fully saturated rings. The SMILES string of the molecule is CCc1nn(-c2ccc(Br)cc2C(F)(F)F)c(CC)c1N. The highest BCUT2D eigenvalue weighted by molar-refractivity contribution is 9.10. The summed E-state index contributed by atoms with van der Waals surface area (Å²) in [5, 5.41) is 4.25. The van der Waals surface area contributed by atoms with Crippen molar-refractivity contribution in [2.75, 3.05) is 5.73 Å². The number of aromatic nitrogens is 2. The van der Waals surface area contributed by atoms with Crippen LogP contribution in [-0.2, 0) is 19.0 Å². The van der Waals surface area contributed by atoms with Gasteiger partial charge in [-0.25, -0.2) is 4.68 Å². The molecule has 1 aromatic heterocycles. The fourth-order valence-corrected chi connectivity index (χ4v) is 2.60. The molecule has 0 unspecified atom stereocenters. The number of nitrogens with zero attached hydrogens (tertiary/aromatic N) is 2. The Kier molecular flexibility index (Phi) is 4.32. The van der Waals surface area contributed by atoms with E-state index in [2.05, 4.69) is 21.0 Å². The molecule has 0 bridgehead atoms. The normalized spacial score (nSPS) is 11.9. The number of benzene rings is 1. The summed E-state index contributed by atoms with van der Waals surface area (Å²) in [7, 11) is 0. The van der Waals surface area contributed by atoms with Gasteiger partial charge in [0.15, 0.2) is 0 Å². The van der Waals surface area contributed by atoms with Gasteiger partial charge in [-0.1, -0.05) is 29.8 Å². The van der Waals surface area contributed by atoms with Crippen LogP contribution >= 0.6 is 15.9 Å². The van der Waals surface area contributed by atoms with Gasteiger partial charge in [0.25, 0.3) is 0 Å². The maximum atomic E-state index is 13.2. The van der Waals surface area contributed by atoms with E-state index < -0.39 is 11.7 Å². The highest BCUT2D eigenvalue weighted by Gasteiger charge is 2.35. The monoisotopic (exact) mass is 361 g/mol. The number of nitrogens with two attached hydrogens (primary N) is 1. The highest BCUT2D eigenvalue weighted by Crippen LogP contribution is 2.36. The summed E-state index contributed by atoms with van der Waals surface area (Å²) >= 11 is 3.08. The van der Waals surface area contributed by atoms with E-state index in [1.165, 1.54) is 10.7 Å². The molecule has 0 spiro atoms. The van der Waals surface area contributed by atoms with E-state index in [1.807, 2.05) is 13.8 Å². The molecule has 2 N–H and O–H groups in total. The minimum absolute atomic E-state index is 0.00560. The predicted octanol–water partition coefficient (Wildman–Crippen LogP) is 4.36. The van der Waals surface area contributed by atoms with Crippen LogP contribution < -0.4 is 5.73 Å². The molecule has 0 aliphatic rings. The van der Waals surface area contributed by atoms with Gasteiger partial charge in [0.05, 0.1) is 28.3 Å². The van der Waals surface area contributed by atoms with Gasteiger partial charge in [-0.3, -0.25) is 0 Å². The van der Waals surface area contributed by atoms with Crippen molar-refractivity contribution in [3.05, 3.63) is 39.6 Å². The number of rotatable bonds is 3. The summed E-state index contributed by atoms with van der Waals surface area (Å²) in [6.07, 6.45) is -3.38. The molecule has 0 radical (unpaired) electrons. The molecule has 0 aliphatic heterocycles. The number of alkyl halides is 3. The first kappa shape index (κ1) is 15.9. The van der Waals surface area contributed by atoms with Crippen LogP contribution in [0.25, 0.3) is 5.69 Å². The van der Waals surface area contributed by atoms with Crippen LogP contribution in [0.4, 0.5) is 18.9 Å². The summed E-state index contributed by atoms with van der Waals surface area (Å²) in [5.74, 6) is 0. The second-order valence-corrected chi connectivity index (χ2v) is 5.50. The highest BCUT2D eigenvalue weighted by atomic mass is 79.9. The van der Waals surface area contributed by atoms with Gasteiger partial charge in [-0.2, -0.15) is 18.3 Å². The van der Waals surface area contributed by atoms with Gasteiger partial charge in [-0.15, -0.1) is 0 Å². The van der Waals surface area contributed by atoms with E-state index in [1.54, 1.807) is 6.07 Å². The molecule has 114 valence electrons. The van der Waals surface area contributed by atoms with Crippen molar-refractivity contribution >= 4 is 21.6 Å². The molecular formula is C14H15BrF3N3. The summed E-state index contributed by atoms with van der Waals surface area (Å²) in [4.78, 5) is 0. The molecule has 2 aromatic rings. The predicted molar refractivity (Wildman–Crippen MR) is 79.4 cm³/mol. The molecule has 2 rings (SSSR count). The molecule has 1 aromatic carbocycles. The number of nitrogen functional groups attached to an aromatic ring is 1. The maximum absolute atomic E-state index is 13.2. The minimum Gasteiger partial charge on any atom is -0.396 e. The number of aryl methyl sites for hydroxylation is 1. The Labute approximate surface area is 129 Å². The van der Waals surface area contributed by atoms with E-state index in [9.17, 15) is 13.2 Å². The Morgan fingerprint density at radius 3 is 2.43 bits per heavy atom. The van der Waals surface area contributed by atoms with Crippen molar-refractivity contribution in [2.45, 2.75) is 32.9 Å². The zero-order valence-corrected chi connectivity index (χ0v) is 13.2. The van der Waals surface area contributed by atoms with Crippen molar-refractivity contribution in [3.8, 4) is 5.69 Å². The topological polar surface area (TPSA) is 43.8 Å². The number of hydrogen-bond donors (Lipinski definition) is 1. The molecular weight excluding hydrogens is 347 g/mol. The Hall–Kier alpha value is -1.50. The van der Waals surface area contributed by atoms with E-state index in [4.69, 9.17) is 5.73 Å². The first-order valence-electron chi connectivity index (χ1n) is 6.52. The Morgan fingerprint density at radius 1 is 1.24 bits per heavy atom. The molecule has 1 heterocycles. The largest absolute Gasteiger partial charge is 0.418 e. The lowest BCUT2D eigenvalue weighted by Gasteiger charge is -2.15. The van der Waals surface area contributed by atoms with Gasteiger partial charge in [0.1, 0.15) is 0 Å². The van der Waals surface area contributed by atoms with Crippen molar-refractivity contribution in [1.29, 1.82) is 0 Å². The van der Waals surface area contributed by atoms with Gasteiger partial charge >= 0.3 is 6.18 Å². The zero-order chi connectivity index (χ0) is 15.8. The second kappa shape index (κ2) is 5.71. The summed E-state index contributed by atoms with van der Waals surface area (Å²) in [6, 6.07) is 4.02. The van der Waals surface area contributed by atoms with Gasteiger partial charge in [-0.05, 0) is 31.0 Å². The average molecular weight is 362 g/mol. The average Bonchev–Trinajstić information content (AvgIpc) is 2.73. The third kappa shape index (κ3) is 2.92. The summed E-state index contributed by atoms with van der Waals surface area (Å²) in [6.45, 7) is 3.71. The molecule has 7 heteroatoms. The number of hydrogen-bond acceptors (Lipinski definition) is 2. The standard InChI is InChI=1S/C14H15BrF3N3/c1-3-10-13(19)11(4-2)21(20-10)12-6-5-8(15)7-9(12)14(16,17)18/h5-7H,3-4,19H2,1-2H3. The molecule has 0 saturated carbocycles. The number of anilines is 1. The Balaban J connectivity index is 2.73. The molecule has 0 aliphatic carbocycles. The van der Waals surface area contributed by atoms with E-state index in [-0.39, 0.29) is 5.69 Å². The quantitative estimate of drug-likeness (QED) is 0.882. The fraction of sp³-hybridized carbons (Fsp3) is 0.357. The van der Waals surface area contributed by atoms with Crippen LogP contribution in [0.3, 0.4) is 0 Å². The lowest BCUT2D eigenvalue weighted by molar-refractivity contribution is -0.137. The zero-order valence-electron chi connectivity index (χ0n) is 11.6. The first-order valence-corrected chi connectivity index (χ1v) is 7.32. The van der Waals surface area contributed by atoms with Crippen LogP contribution in [0.5, 0.6) is 0 Å². The Morgan fingerprint density at radius 2 is 1.90 bits per heavy atom. The second-order valence-electron chi connectivity index (χ2n) is 4.59. The van der Waals surface area contributed by atoms with Gasteiger partial charge in [0.2, 0.25) is 0 Å². The molecule has 3 nitrogen and oxygen atoms in total. The van der Waals surface area contributed by atoms with Crippen LogP contribution in [0.1, 0.15) is 30.8 Å². The summed E-state index contributed by atoms with van der Waals surface area (Å²) in [5.41, 5.74) is 6.91. The van der Waals surface area contributed by atoms with Crippen LogP contribution in [-0.4, -0.2) is 9.78 Å². The minimum atomic E-state index is -4.46.